The van der Waals surface area contributed by atoms with Gasteiger partial charge in [0.25, 0.3) is 0 Å². The highest BCUT2D eigenvalue weighted by Gasteiger charge is 2.32. The molecular formula is C12H12BrNO2. The van der Waals surface area contributed by atoms with Crippen LogP contribution in [0.2, 0.25) is 0 Å². The molecule has 0 aliphatic carbocycles. The van der Waals surface area contributed by atoms with E-state index in [0.717, 1.165) is 10.0 Å². The Morgan fingerprint density at radius 2 is 2.06 bits per heavy atom. The van der Waals surface area contributed by atoms with Crippen molar-refractivity contribution in [1.82, 2.24) is 4.90 Å². The predicted molar refractivity (Wildman–Crippen MR) is 64.8 cm³/mol. The summed E-state index contributed by atoms with van der Waals surface area (Å²) in [6.45, 7) is 0. The molecule has 1 aromatic carbocycles. The third kappa shape index (κ3) is 1.90. The van der Waals surface area contributed by atoms with Crippen LogP contribution in [0.4, 0.5) is 0 Å². The van der Waals surface area contributed by atoms with Crippen molar-refractivity contribution in [1.29, 1.82) is 0 Å². The maximum Gasteiger partial charge on any atom is 0.188 e. The van der Waals surface area contributed by atoms with Crippen LogP contribution < -0.4 is 0 Å². The van der Waals surface area contributed by atoms with Gasteiger partial charge in [-0.15, -0.1) is 0 Å². The Labute approximate surface area is 103 Å². The lowest BCUT2D eigenvalue weighted by atomic mass is 9.95. The SMILES string of the molecule is CN1C=CC(=O)[C@@H](O)[C@@H]1c1ccccc1Br. The van der Waals surface area contributed by atoms with E-state index in [0.29, 0.717) is 0 Å². The fraction of sp³-hybridized carbons (Fsp3) is 0.250. The summed E-state index contributed by atoms with van der Waals surface area (Å²) in [4.78, 5) is 13.3. The molecule has 0 saturated heterocycles. The van der Waals surface area contributed by atoms with Crippen LogP contribution in [0.1, 0.15) is 11.6 Å². The molecule has 0 saturated carbocycles. The van der Waals surface area contributed by atoms with Crippen LogP contribution in [0.25, 0.3) is 0 Å². The van der Waals surface area contributed by atoms with Gasteiger partial charge >= 0.3 is 0 Å². The first-order valence-electron chi connectivity index (χ1n) is 4.97. The molecule has 2 rings (SSSR count). The standard InChI is InChI=1S/C12H12BrNO2/c1-14-7-6-10(15)12(16)11(14)8-4-2-3-5-9(8)13/h2-7,11-12,16H,1H3/t11-,12+/m0/s1. The number of benzene rings is 1. The molecule has 16 heavy (non-hydrogen) atoms. The molecule has 0 bridgehead atoms. The average Bonchev–Trinajstić information content (AvgIpc) is 2.27. The van der Waals surface area contributed by atoms with Crippen LogP contribution in [0, 0.1) is 0 Å². The van der Waals surface area contributed by atoms with E-state index in [1.807, 2.05) is 36.2 Å². The van der Waals surface area contributed by atoms with Gasteiger partial charge in [0.05, 0.1) is 6.04 Å². The minimum atomic E-state index is -1.01. The zero-order valence-corrected chi connectivity index (χ0v) is 10.4. The fourth-order valence-electron chi connectivity index (χ4n) is 1.87. The molecule has 0 amide bonds. The van der Waals surface area contributed by atoms with Gasteiger partial charge in [-0.3, -0.25) is 4.79 Å². The first-order chi connectivity index (χ1) is 7.61. The zero-order valence-electron chi connectivity index (χ0n) is 8.80. The first kappa shape index (κ1) is 11.4. The number of aliphatic hydroxyl groups excluding tert-OH is 1. The molecule has 3 nitrogen and oxygen atoms in total. The third-order valence-electron chi connectivity index (χ3n) is 2.73. The summed E-state index contributed by atoms with van der Waals surface area (Å²) in [7, 11) is 1.84. The predicted octanol–water partition coefficient (Wildman–Crippen LogP) is 1.88. The maximum atomic E-state index is 11.5. The topological polar surface area (TPSA) is 40.5 Å². The molecule has 0 aromatic heterocycles. The molecule has 0 unspecified atom stereocenters. The molecule has 84 valence electrons. The third-order valence-corrected chi connectivity index (χ3v) is 3.45. The summed E-state index contributed by atoms with van der Waals surface area (Å²) in [5.74, 6) is -0.251. The summed E-state index contributed by atoms with van der Waals surface area (Å²) in [5, 5.41) is 9.92. The summed E-state index contributed by atoms with van der Waals surface area (Å²) < 4.78 is 0.897. The van der Waals surface area contributed by atoms with Gasteiger partial charge < -0.3 is 10.0 Å². The number of ketones is 1. The molecule has 0 radical (unpaired) electrons. The molecule has 1 aliphatic rings. The number of aliphatic hydroxyl groups is 1. The van der Waals surface area contributed by atoms with Crippen molar-refractivity contribution >= 4 is 21.7 Å². The van der Waals surface area contributed by atoms with E-state index in [4.69, 9.17) is 0 Å². The van der Waals surface area contributed by atoms with Crippen molar-refractivity contribution < 1.29 is 9.90 Å². The molecule has 1 aliphatic heterocycles. The number of nitrogens with zero attached hydrogens (tertiary/aromatic N) is 1. The van der Waals surface area contributed by atoms with Gasteiger partial charge in [-0.2, -0.15) is 0 Å². The molecule has 1 heterocycles. The van der Waals surface area contributed by atoms with E-state index in [2.05, 4.69) is 15.9 Å². The lowest BCUT2D eigenvalue weighted by Gasteiger charge is -2.33. The average molecular weight is 282 g/mol. The minimum absolute atomic E-state index is 0.251. The van der Waals surface area contributed by atoms with Gasteiger partial charge in [0, 0.05) is 17.7 Å². The number of likely N-dealkylation sites (N-methyl/N-ethyl adjacent to an activating group) is 1. The van der Waals surface area contributed by atoms with E-state index >= 15 is 0 Å². The molecule has 4 heteroatoms. The maximum absolute atomic E-state index is 11.5. The van der Waals surface area contributed by atoms with Crippen LogP contribution in [-0.2, 0) is 4.79 Å². The second-order valence-corrected chi connectivity index (χ2v) is 4.65. The second kappa shape index (κ2) is 4.39. The Morgan fingerprint density at radius 1 is 1.38 bits per heavy atom. The van der Waals surface area contributed by atoms with Gasteiger partial charge in [0.1, 0.15) is 6.10 Å². The Bertz CT molecular complexity index is 444. The van der Waals surface area contributed by atoms with Gasteiger partial charge in [0.2, 0.25) is 0 Å². The van der Waals surface area contributed by atoms with Gasteiger partial charge in [0.15, 0.2) is 5.78 Å². The van der Waals surface area contributed by atoms with Crippen LogP contribution in [0.15, 0.2) is 41.0 Å². The van der Waals surface area contributed by atoms with E-state index in [9.17, 15) is 9.90 Å². The molecule has 2 atom stereocenters. The van der Waals surface area contributed by atoms with Crippen molar-refractivity contribution in [3.05, 3.63) is 46.6 Å². The number of hydrogen-bond acceptors (Lipinski definition) is 3. The highest BCUT2D eigenvalue weighted by Crippen LogP contribution is 2.32. The number of carbonyl (C=O) groups excluding carboxylic acids is 1. The lowest BCUT2D eigenvalue weighted by Crippen LogP contribution is -2.39. The zero-order chi connectivity index (χ0) is 11.7. The monoisotopic (exact) mass is 281 g/mol. The van der Waals surface area contributed by atoms with E-state index < -0.39 is 6.10 Å². The normalized spacial score (nSPS) is 24.9. The Kier molecular flexibility index (Phi) is 3.12. The first-order valence-corrected chi connectivity index (χ1v) is 5.77. The summed E-state index contributed by atoms with van der Waals surface area (Å²) in [6, 6.07) is 7.27. The van der Waals surface area contributed by atoms with E-state index in [1.165, 1.54) is 6.08 Å². The summed E-state index contributed by atoms with van der Waals surface area (Å²) in [5.41, 5.74) is 0.912. The van der Waals surface area contributed by atoms with Crippen molar-refractivity contribution in [2.24, 2.45) is 0 Å². The number of carbonyl (C=O) groups is 1. The minimum Gasteiger partial charge on any atom is -0.382 e. The van der Waals surface area contributed by atoms with Crippen molar-refractivity contribution in [2.75, 3.05) is 7.05 Å². The van der Waals surface area contributed by atoms with Gasteiger partial charge in [-0.05, 0) is 17.7 Å². The Morgan fingerprint density at radius 3 is 2.75 bits per heavy atom. The van der Waals surface area contributed by atoms with Crippen LogP contribution in [-0.4, -0.2) is 28.9 Å². The largest absolute Gasteiger partial charge is 0.382 e. The van der Waals surface area contributed by atoms with Crippen LogP contribution in [0.5, 0.6) is 0 Å². The summed E-state index contributed by atoms with van der Waals surface area (Å²) in [6.07, 6.45) is 2.09. The summed E-state index contributed by atoms with van der Waals surface area (Å²) >= 11 is 3.43. The van der Waals surface area contributed by atoms with Crippen molar-refractivity contribution in [2.45, 2.75) is 12.1 Å². The highest BCUT2D eigenvalue weighted by atomic mass is 79.9. The van der Waals surface area contributed by atoms with E-state index in [1.54, 1.807) is 6.20 Å². The Balaban J connectivity index is 2.44. The second-order valence-electron chi connectivity index (χ2n) is 3.79. The number of halogens is 1. The molecular weight excluding hydrogens is 270 g/mol. The van der Waals surface area contributed by atoms with Crippen molar-refractivity contribution in [3.8, 4) is 0 Å². The van der Waals surface area contributed by atoms with Gasteiger partial charge in [-0.25, -0.2) is 0 Å². The lowest BCUT2D eigenvalue weighted by molar-refractivity contribution is -0.126. The molecule has 0 spiro atoms. The molecule has 0 fully saturated rings. The Hall–Kier alpha value is -1.13. The fourth-order valence-corrected chi connectivity index (χ4v) is 2.38. The van der Waals surface area contributed by atoms with Crippen molar-refractivity contribution in [3.63, 3.8) is 0 Å². The number of rotatable bonds is 1. The van der Waals surface area contributed by atoms with Crippen LogP contribution in [0.3, 0.4) is 0 Å². The van der Waals surface area contributed by atoms with Gasteiger partial charge in [-0.1, -0.05) is 34.1 Å². The number of hydrogen-bond donors (Lipinski definition) is 1. The van der Waals surface area contributed by atoms with Crippen LogP contribution >= 0.6 is 15.9 Å². The molecule has 1 N–H and O–H groups in total. The quantitative estimate of drug-likeness (QED) is 0.855. The molecule has 1 aromatic rings. The highest BCUT2D eigenvalue weighted by molar-refractivity contribution is 9.10. The van der Waals surface area contributed by atoms with E-state index in [-0.39, 0.29) is 11.8 Å². The smallest absolute Gasteiger partial charge is 0.188 e.